The number of halogens is 1. The molecular weight excluding hydrogens is 356 g/mol. The topological polar surface area (TPSA) is 26.3 Å². The van der Waals surface area contributed by atoms with Gasteiger partial charge in [0.1, 0.15) is 0 Å². The molecule has 0 aliphatic heterocycles. The molecule has 1 aromatic carbocycles. The quantitative estimate of drug-likeness (QED) is 0.522. The number of carbonyl (C=O) groups is 1. The second-order valence-electron chi connectivity index (χ2n) is 7.05. The van der Waals surface area contributed by atoms with Gasteiger partial charge in [0.25, 0.3) is 0 Å². The summed E-state index contributed by atoms with van der Waals surface area (Å²) in [6, 6.07) is 8.05. The van der Waals surface area contributed by atoms with Crippen molar-refractivity contribution in [1.82, 2.24) is 0 Å². The second kappa shape index (κ2) is 7.13. The van der Waals surface area contributed by atoms with E-state index in [1.165, 1.54) is 20.0 Å². The summed E-state index contributed by atoms with van der Waals surface area (Å²) in [5.41, 5.74) is 1.05. The summed E-state index contributed by atoms with van der Waals surface area (Å²) < 4.78 is 6.13. The maximum absolute atomic E-state index is 12.4. The van der Waals surface area contributed by atoms with Crippen molar-refractivity contribution in [3.05, 3.63) is 45.6 Å². The number of ether oxygens (including phenoxy) is 1. The zero-order valence-corrected chi connectivity index (χ0v) is 16.4. The van der Waals surface area contributed by atoms with Gasteiger partial charge in [-0.1, -0.05) is 59.0 Å². The molecule has 2 rings (SSSR count). The number of benzene rings is 1. The first kappa shape index (κ1) is 17.5. The molecule has 0 amide bonds. The lowest BCUT2D eigenvalue weighted by Crippen LogP contribution is -2.30. The predicted octanol–water partition coefficient (Wildman–Crippen LogP) is 5.31. The number of esters is 1. The molecule has 0 heterocycles. The highest BCUT2D eigenvalue weighted by atomic mass is 79.9. The van der Waals surface area contributed by atoms with Crippen LogP contribution in [0.25, 0.3) is 0 Å². The molecular formula is C18H25BrO2Si. The largest absolute Gasteiger partial charge is 0.469 e. The SMILES string of the molecule is COC(=O)[C@@H](c1ccc(Br)cc1)[C@@H]1C=C([Si](C)(C)C)CCC1. The lowest BCUT2D eigenvalue weighted by molar-refractivity contribution is -0.143. The van der Waals surface area contributed by atoms with Crippen molar-refractivity contribution in [2.24, 2.45) is 5.92 Å². The van der Waals surface area contributed by atoms with Gasteiger partial charge in [0.2, 0.25) is 0 Å². The van der Waals surface area contributed by atoms with E-state index in [4.69, 9.17) is 4.74 Å². The number of hydrogen-bond donors (Lipinski definition) is 0. The van der Waals surface area contributed by atoms with E-state index < -0.39 is 8.07 Å². The molecule has 1 aliphatic carbocycles. The van der Waals surface area contributed by atoms with Gasteiger partial charge < -0.3 is 4.74 Å². The Bertz CT molecular complexity index is 557. The van der Waals surface area contributed by atoms with Crippen LogP contribution in [0.3, 0.4) is 0 Å². The molecule has 0 fully saturated rings. The van der Waals surface area contributed by atoms with Gasteiger partial charge in [-0.25, -0.2) is 0 Å². The van der Waals surface area contributed by atoms with E-state index in [1.54, 1.807) is 5.20 Å². The zero-order valence-electron chi connectivity index (χ0n) is 13.9. The first-order chi connectivity index (χ1) is 10.3. The first-order valence-corrected chi connectivity index (χ1v) is 12.2. The molecule has 0 saturated heterocycles. The molecule has 0 saturated carbocycles. The molecule has 22 heavy (non-hydrogen) atoms. The van der Waals surface area contributed by atoms with Gasteiger partial charge in [-0.3, -0.25) is 4.79 Å². The summed E-state index contributed by atoms with van der Waals surface area (Å²) in [4.78, 5) is 12.4. The number of hydrogen-bond acceptors (Lipinski definition) is 2. The van der Waals surface area contributed by atoms with Crippen LogP contribution in [0.2, 0.25) is 19.6 Å². The van der Waals surface area contributed by atoms with Crippen molar-refractivity contribution in [3.63, 3.8) is 0 Å². The van der Waals surface area contributed by atoms with Crippen LogP contribution in [-0.4, -0.2) is 21.2 Å². The van der Waals surface area contributed by atoms with Crippen LogP contribution in [0, 0.1) is 5.92 Å². The Morgan fingerprint density at radius 3 is 2.45 bits per heavy atom. The van der Waals surface area contributed by atoms with Crippen LogP contribution in [0.4, 0.5) is 0 Å². The second-order valence-corrected chi connectivity index (χ2v) is 13.1. The van der Waals surface area contributed by atoms with E-state index in [-0.39, 0.29) is 17.8 Å². The molecule has 2 atom stereocenters. The number of methoxy groups -OCH3 is 1. The van der Waals surface area contributed by atoms with Crippen LogP contribution in [0.1, 0.15) is 30.7 Å². The Labute approximate surface area is 143 Å². The molecule has 4 heteroatoms. The maximum Gasteiger partial charge on any atom is 0.313 e. The van der Waals surface area contributed by atoms with E-state index in [0.717, 1.165) is 16.5 Å². The Morgan fingerprint density at radius 2 is 1.91 bits per heavy atom. The number of allylic oxidation sites excluding steroid dienone is 2. The normalized spacial score (nSPS) is 20.2. The monoisotopic (exact) mass is 380 g/mol. The average molecular weight is 381 g/mol. The summed E-state index contributed by atoms with van der Waals surface area (Å²) in [6.07, 6.45) is 5.81. The minimum Gasteiger partial charge on any atom is -0.469 e. The number of carbonyl (C=O) groups excluding carboxylic acids is 1. The summed E-state index contributed by atoms with van der Waals surface area (Å²) in [5.74, 6) is -0.0609. The highest BCUT2D eigenvalue weighted by Crippen LogP contribution is 2.38. The third-order valence-electron chi connectivity index (χ3n) is 4.47. The Morgan fingerprint density at radius 1 is 1.27 bits per heavy atom. The summed E-state index contributed by atoms with van der Waals surface area (Å²) in [7, 11) is 0.189. The molecule has 0 spiro atoms. The van der Waals surface area contributed by atoms with Gasteiger partial charge in [0, 0.05) is 4.47 Å². The fourth-order valence-electron chi connectivity index (χ4n) is 3.20. The maximum atomic E-state index is 12.4. The van der Waals surface area contributed by atoms with Gasteiger partial charge in [-0.05, 0) is 42.9 Å². The molecule has 2 nitrogen and oxygen atoms in total. The van der Waals surface area contributed by atoms with E-state index >= 15 is 0 Å². The van der Waals surface area contributed by atoms with Gasteiger partial charge in [-0.2, -0.15) is 0 Å². The Hall–Kier alpha value is -0.873. The standard InChI is InChI=1S/C18H25BrO2Si/c1-21-18(20)17(13-8-10-15(19)11-9-13)14-6-5-7-16(12-14)22(2,3)4/h8-12,14,17H,5-7H2,1-4H3/t14-,17-/m0/s1. The third kappa shape index (κ3) is 4.11. The smallest absolute Gasteiger partial charge is 0.313 e. The van der Waals surface area contributed by atoms with Crippen molar-refractivity contribution >= 4 is 30.0 Å². The van der Waals surface area contributed by atoms with Gasteiger partial charge in [0.05, 0.1) is 21.1 Å². The average Bonchev–Trinajstić information content (AvgIpc) is 2.49. The zero-order chi connectivity index (χ0) is 16.3. The summed E-state index contributed by atoms with van der Waals surface area (Å²) in [5, 5.41) is 1.59. The van der Waals surface area contributed by atoms with Crippen molar-refractivity contribution in [2.75, 3.05) is 7.11 Å². The summed E-state index contributed by atoms with van der Waals surface area (Å²) in [6.45, 7) is 7.15. The Balaban J connectivity index is 2.37. The molecule has 0 unspecified atom stereocenters. The van der Waals surface area contributed by atoms with Crippen LogP contribution >= 0.6 is 15.9 Å². The van der Waals surface area contributed by atoms with Crippen LogP contribution < -0.4 is 0 Å². The van der Waals surface area contributed by atoms with E-state index in [1.807, 2.05) is 24.3 Å². The fourth-order valence-corrected chi connectivity index (χ4v) is 5.10. The third-order valence-corrected chi connectivity index (χ3v) is 7.35. The van der Waals surface area contributed by atoms with Crippen molar-refractivity contribution in [3.8, 4) is 0 Å². The molecule has 1 aromatic rings. The van der Waals surface area contributed by atoms with E-state index in [0.29, 0.717) is 0 Å². The minimum absolute atomic E-state index is 0.125. The lowest BCUT2D eigenvalue weighted by atomic mass is 9.80. The van der Waals surface area contributed by atoms with Crippen LogP contribution in [0.5, 0.6) is 0 Å². The van der Waals surface area contributed by atoms with Crippen molar-refractivity contribution in [1.29, 1.82) is 0 Å². The van der Waals surface area contributed by atoms with E-state index in [9.17, 15) is 4.79 Å². The molecule has 120 valence electrons. The molecule has 1 aliphatic rings. The lowest BCUT2D eigenvalue weighted by Gasteiger charge is -2.32. The predicted molar refractivity (Wildman–Crippen MR) is 97.7 cm³/mol. The fraction of sp³-hybridized carbons (Fsp3) is 0.500. The molecule has 0 bridgehead atoms. The molecule has 0 radical (unpaired) electrons. The first-order valence-electron chi connectivity index (χ1n) is 7.87. The van der Waals surface area contributed by atoms with Crippen LogP contribution in [0.15, 0.2) is 40.0 Å². The summed E-state index contributed by atoms with van der Waals surface area (Å²) >= 11 is 3.46. The highest BCUT2D eigenvalue weighted by molar-refractivity contribution is 9.10. The van der Waals surface area contributed by atoms with Crippen molar-refractivity contribution in [2.45, 2.75) is 44.8 Å². The van der Waals surface area contributed by atoms with Gasteiger partial charge in [-0.15, -0.1) is 0 Å². The highest BCUT2D eigenvalue weighted by Gasteiger charge is 2.33. The Kier molecular flexibility index (Phi) is 5.67. The molecule has 0 N–H and O–H groups in total. The van der Waals surface area contributed by atoms with Crippen LogP contribution in [-0.2, 0) is 9.53 Å². The van der Waals surface area contributed by atoms with E-state index in [2.05, 4.69) is 41.6 Å². The number of rotatable bonds is 4. The van der Waals surface area contributed by atoms with Gasteiger partial charge >= 0.3 is 5.97 Å². The van der Waals surface area contributed by atoms with Gasteiger partial charge in [0.15, 0.2) is 0 Å². The molecule has 0 aromatic heterocycles. The minimum atomic E-state index is -1.30. The van der Waals surface area contributed by atoms with Crippen molar-refractivity contribution < 1.29 is 9.53 Å².